The van der Waals surface area contributed by atoms with Crippen molar-refractivity contribution in [3.63, 3.8) is 0 Å². The summed E-state index contributed by atoms with van der Waals surface area (Å²) in [7, 11) is 0. The normalized spacial score (nSPS) is 19.2. The van der Waals surface area contributed by atoms with Crippen molar-refractivity contribution in [2.75, 3.05) is 4.90 Å². The number of hydrogen-bond donors (Lipinski definition) is 1. The van der Waals surface area contributed by atoms with Crippen molar-refractivity contribution in [3.8, 4) is 0 Å². The summed E-state index contributed by atoms with van der Waals surface area (Å²) in [6.45, 7) is 3.09. The Balaban J connectivity index is 2.34. The van der Waals surface area contributed by atoms with E-state index in [1.165, 1.54) is 11.8 Å². The van der Waals surface area contributed by atoms with Crippen LogP contribution in [0.5, 0.6) is 0 Å². The number of amides is 2. The average molecular weight is 231 g/mol. The van der Waals surface area contributed by atoms with Gasteiger partial charge in [-0.3, -0.25) is 14.9 Å². The van der Waals surface area contributed by atoms with Crippen molar-refractivity contribution in [2.45, 2.75) is 19.9 Å². The molecule has 2 amide bonds. The van der Waals surface area contributed by atoms with E-state index in [1.54, 1.807) is 19.1 Å². The van der Waals surface area contributed by atoms with Gasteiger partial charge in [-0.25, -0.2) is 9.89 Å². The molecule has 0 radical (unpaired) electrons. The summed E-state index contributed by atoms with van der Waals surface area (Å²) in [5.74, 6) is -0.0901. The molecule has 0 saturated carbocycles. The highest BCUT2D eigenvalue weighted by molar-refractivity contribution is 6.24. The van der Waals surface area contributed by atoms with Crippen LogP contribution in [-0.4, -0.2) is 23.8 Å². The second-order valence-corrected chi connectivity index (χ2v) is 3.82. The number of carbonyl (C=O) groups excluding carboxylic acids is 2. The Bertz CT molecular complexity index is 482. The third-order valence-electron chi connectivity index (χ3n) is 2.41. The van der Waals surface area contributed by atoms with Gasteiger partial charge in [-0.05, 0) is 19.1 Å². The molecule has 88 valence electrons. The van der Waals surface area contributed by atoms with Crippen molar-refractivity contribution in [1.82, 2.24) is 5.32 Å². The molecule has 1 N–H and O–H groups in total. The van der Waals surface area contributed by atoms with Gasteiger partial charge in [0.05, 0.1) is 5.69 Å². The number of nitrogens with one attached hydrogen (secondary N) is 1. The molecule has 1 heterocycles. The van der Waals surface area contributed by atoms with Crippen LogP contribution in [0.3, 0.4) is 0 Å². The summed E-state index contributed by atoms with van der Waals surface area (Å²) in [6.07, 6.45) is 0. The Morgan fingerprint density at radius 1 is 1.35 bits per heavy atom. The van der Waals surface area contributed by atoms with E-state index in [-0.39, 0.29) is 11.8 Å². The lowest BCUT2D eigenvalue weighted by Crippen LogP contribution is -2.43. The lowest BCUT2D eigenvalue weighted by Gasteiger charge is -2.18. The van der Waals surface area contributed by atoms with Crippen LogP contribution < -0.4 is 10.2 Å². The van der Waals surface area contributed by atoms with Crippen molar-refractivity contribution >= 4 is 23.5 Å². The molecule has 1 aliphatic rings. The third-order valence-corrected chi connectivity index (χ3v) is 2.41. The number of rotatable bonds is 1. The monoisotopic (exact) mass is 231 g/mol. The Morgan fingerprint density at radius 3 is 2.59 bits per heavy atom. The van der Waals surface area contributed by atoms with Gasteiger partial charge in [0.15, 0.2) is 0 Å². The molecule has 0 spiro atoms. The Hall–Kier alpha value is -2.17. The van der Waals surface area contributed by atoms with Crippen LogP contribution in [0.15, 0.2) is 35.3 Å². The summed E-state index contributed by atoms with van der Waals surface area (Å²) < 4.78 is 0. The summed E-state index contributed by atoms with van der Waals surface area (Å²) >= 11 is 0. The molecule has 2 rings (SSSR count). The van der Waals surface area contributed by atoms with Gasteiger partial charge in [-0.15, -0.1) is 0 Å². The number of guanidine groups is 1. The molecular formula is C12H13N3O2. The maximum Gasteiger partial charge on any atom is 0.258 e. The van der Waals surface area contributed by atoms with Gasteiger partial charge in [0.1, 0.15) is 6.04 Å². The van der Waals surface area contributed by atoms with E-state index in [0.717, 1.165) is 0 Å². The van der Waals surface area contributed by atoms with E-state index in [0.29, 0.717) is 11.6 Å². The summed E-state index contributed by atoms with van der Waals surface area (Å²) in [5, 5.41) is 2.57. The predicted octanol–water partition coefficient (Wildman–Crippen LogP) is 0.914. The number of nitrogens with zero attached hydrogens (tertiary/aromatic N) is 2. The lowest BCUT2D eigenvalue weighted by atomic mass is 10.2. The van der Waals surface area contributed by atoms with Crippen LogP contribution in [-0.2, 0) is 9.59 Å². The van der Waals surface area contributed by atoms with Crippen molar-refractivity contribution in [1.29, 1.82) is 0 Å². The zero-order chi connectivity index (χ0) is 12.4. The minimum absolute atomic E-state index is 0.139. The highest BCUT2D eigenvalue weighted by Crippen LogP contribution is 2.20. The number of benzene rings is 1. The van der Waals surface area contributed by atoms with Crippen LogP contribution in [0.4, 0.5) is 5.69 Å². The first-order chi connectivity index (χ1) is 8.09. The topological polar surface area (TPSA) is 61.8 Å². The fraction of sp³-hybridized carbons (Fsp3) is 0.250. The van der Waals surface area contributed by atoms with Crippen molar-refractivity contribution in [2.24, 2.45) is 4.99 Å². The molecule has 5 nitrogen and oxygen atoms in total. The van der Waals surface area contributed by atoms with Crippen LogP contribution in [0.2, 0.25) is 0 Å². The summed E-state index contributed by atoms with van der Waals surface area (Å²) in [4.78, 5) is 28.6. The van der Waals surface area contributed by atoms with Gasteiger partial charge in [-0.1, -0.05) is 18.2 Å². The fourth-order valence-corrected chi connectivity index (χ4v) is 1.66. The number of para-hydroxylation sites is 1. The number of carbonyl (C=O) groups is 2. The maximum atomic E-state index is 12.0. The molecule has 1 unspecified atom stereocenters. The van der Waals surface area contributed by atoms with Gasteiger partial charge in [0.2, 0.25) is 11.9 Å². The van der Waals surface area contributed by atoms with E-state index in [2.05, 4.69) is 10.3 Å². The molecule has 1 aliphatic heterocycles. The largest absolute Gasteiger partial charge is 0.296 e. The molecule has 1 aromatic carbocycles. The van der Waals surface area contributed by atoms with E-state index >= 15 is 0 Å². The third kappa shape index (κ3) is 2.18. The molecule has 5 heteroatoms. The maximum absolute atomic E-state index is 12.0. The Morgan fingerprint density at radius 2 is 2.00 bits per heavy atom. The smallest absolute Gasteiger partial charge is 0.258 e. The van der Waals surface area contributed by atoms with Crippen molar-refractivity contribution < 1.29 is 9.59 Å². The van der Waals surface area contributed by atoms with E-state index < -0.39 is 6.04 Å². The first-order valence-electron chi connectivity index (χ1n) is 5.34. The van der Waals surface area contributed by atoms with E-state index in [1.807, 2.05) is 18.2 Å². The Kier molecular flexibility index (Phi) is 2.91. The van der Waals surface area contributed by atoms with Gasteiger partial charge >= 0.3 is 0 Å². The predicted molar refractivity (Wildman–Crippen MR) is 64.6 cm³/mol. The SMILES string of the molecule is CC(=O)NC1=NC(C)C(=O)N1c1ccccc1. The molecule has 0 aromatic heterocycles. The highest BCUT2D eigenvalue weighted by atomic mass is 16.2. The number of anilines is 1. The molecule has 1 aromatic rings. The zero-order valence-electron chi connectivity index (χ0n) is 9.68. The first-order valence-corrected chi connectivity index (χ1v) is 5.34. The van der Waals surface area contributed by atoms with Gasteiger partial charge in [-0.2, -0.15) is 0 Å². The molecule has 0 saturated heterocycles. The van der Waals surface area contributed by atoms with Gasteiger partial charge in [0.25, 0.3) is 5.91 Å². The summed E-state index contributed by atoms with van der Waals surface area (Å²) in [6, 6.07) is 8.66. The molecule has 0 fully saturated rings. The van der Waals surface area contributed by atoms with Gasteiger partial charge in [0, 0.05) is 6.92 Å². The quantitative estimate of drug-likeness (QED) is 0.781. The average Bonchev–Trinajstić information content (AvgIpc) is 2.55. The minimum atomic E-state index is -0.461. The van der Waals surface area contributed by atoms with Crippen LogP contribution in [0.25, 0.3) is 0 Å². The van der Waals surface area contributed by atoms with E-state index in [4.69, 9.17) is 0 Å². The molecule has 0 aliphatic carbocycles. The Labute approximate surface area is 99.1 Å². The molecule has 1 atom stereocenters. The highest BCUT2D eigenvalue weighted by Gasteiger charge is 2.33. The molecule has 0 bridgehead atoms. The van der Waals surface area contributed by atoms with Crippen LogP contribution in [0.1, 0.15) is 13.8 Å². The van der Waals surface area contributed by atoms with Crippen molar-refractivity contribution in [3.05, 3.63) is 30.3 Å². The zero-order valence-corrected chi connectivity index (χ0v) is 9.68. The van der Waals surface area contributed by atoms with Crippen LogP contribution in [0, 0.1) is 0 Å². The molecular weight excluding hydrogens is 218 g/mol. The molecule has 17 heavy (non-hydrogen) atoms. The first kappa shape index (κ1) is 11.3. The van der Waals surface area contributed by atoms with Crippen LogP contribution >= 0.6 is 0 Å². The second-order valence-electron chi connectivity index (χ2n) is 3.82. The second kappa shape index (κ2) is 4.37. The number of aliphatic imine (C=N–C) groups is 1. The number of hydrogen-bond acceptors (Lipinski definition) is 3. The van der Waals surface area contributed by atoms with E-state index in [9.17, 15) is 9.59 Å². The van der Waals surface area contributed by atoms with Gasteiger partial charge < -0.3 is 0 Å². The summed E-state index contributed by atoms with van der Waals surface area (Å²) in [5.41, 5.74) is 0.703. The minimum Gasteiger partial charge on any atom is -0.296 e. The lowest BCUT2D eigenvalue weighted by molar-refractivity contribution is -0.117. The standard InChI is InChI=1S/C12H13N3O2/c1-8-11(17)15(10-6-4-3-5-7-10)12(13-8)14-9(2)16/h3-8H,1-2H3,(H,13,14,16). The fourth-order valence-electron chi connectivity index (χ4n) is 1.66.